The van der Waals surface area contributed by atoms with E-state index < -0.39 is 34.7 Å². The van der Waals surface area contributed by atoms with E-state index in [-0.39, 0.29) is 25.3 Å². The SMILES string of the molecule is NC(=O)[C@@H](CC[S@@](=O)c1ccccc1)NC(=O)CNC(=O)OCc1ccccc1. The van der Waals surface area contributed by atoms with Crippen molar-refractivity contribution in [3.05, 3.63) is 66.2 Å². The molecule has 0 fully saturated rings. The maximum Gasteiger partial charge on any atom is 0.407 e. The van der Waals surface area contributed by atoms with E-state index in [0.29, 0.717) is 4.90 Å². The molecular weight excluding hydrogens is 394 g/mol. The largest absolute Gasteiger partial charge is 0.445 e. The van der Waals surface area contributed by atoms with E-state index in [9.17, 15) is 18.6 Å². The summed E-state index contributed by atoms with van der Waals surface area (Å²) >= 11 is 0. The highest BCUT2D eigenvalue weighted by Gasteiger charge is 2.19. The van der Waals surface area contributed by atoms with E-state index in [1.807, 2.05) is 24.3 Å². The summed E-state index contributed by atoms with van der Waals surface area (Å²) in [5.74, 6) is -1.18. The fourth-order valence-corrected chi connectivity index (χ4v) is 3.52. The second-order valence-electron chi connectivity index (χ2n) is 6.09. The van der Waals surface area contributed by atoms with Gasteiger partial charge in [-0.15, -0.1) is 0 Å². The quantitative estimate of drug-likeness (QED) is 0.533. The smallest absolute Gasteiger partial charge is 0.407 e. The zero-order valence-corrected chi connectivity index (χ0v) is 16.5. The highest BCUT2D eigenvalue weighted by atomic mass is 32.2. The molecule has 4 N–H and O–H groups in total. The average Bonchev–Trinajstić information content (AvgIpc) is 2.74. The molecule has 0 bridgehead atoms. The Morgan fingerprint density at radius 2 is 1.62 bits per heavy atom. The van der Waals surface area contributed by atoms with Crippen molar-refractivity contribution in [3.63, 3.8) is 0 Å². The lowest BCUT2D eigenvalue weighted by atomic mass is 10.2. The Morgan fingerprint density at radius 1 is 1.00 bits per heavy atom. The summed E-state index contributed by atoms with van der Waals surface area (Å²) in [5, 5.41) is 4.74. The van der Waals surface area contributed by atoms with Crippen LogP contribution in [0.4, 0.5) is 4.79 Å². The standard InChI is InChI=1S/C20H23N3O5S/c21-19(25)17(11-12-29(27)16-9-5-2-6-10-16)23-18(24)13-22-20(26)28-14-15-7-3-1-4-8-15/h1-10,17H,11-14H2,(H2,21,25)(H,22,26)(H,23,24)/t17-,29-/m1/s1. The Morgan fingerprint density at radius 3 is 2.24 bits per heavy atom. The van der Waals surface area contributed by atoms with Crippen molar-refractivity contribution in [3.8, 4) is 0 Å². The Labute approximate surface area is 171 Å². The van der Waals surface area contributed by atoms with Gasteiger partial charge in [0.15, 0.2) is 0 Å². The van der Waals surface area contributed by atoms with Crippen molar-refractivity contribution in [1.82, 2.24) is 10.6 Å². The molecule has 0 spiro atoms. The van der Waals surface area contributed by atoms with Crippen LogP contribution < -0.4 is 16.4 Å². The molecule has 0 unspecified atom stereocenters. The number of carbonyl (C=O) groups is 3. The number of nitrogens with one attached hydrogen (secondary N) is 2. The minimum Gasteiger partial charge on any atom is -0.445 e. The molecule has 2 aromatic rings. The first-order chi connectivity index (χ1) is 14.0. The summed E-state index contributed by atoms with van der Waals surface area (Å²) in [4.78, 5) is 35.9. The van der Waals surface area contributed by atoms with Gasteiger partial charge in [-0.25, -0.2) is 4.79 Å². The number of alkyl carbamates (subject to hydrolysis) is 1. The summed E-state index contributed by atoms with van der Waals surface area (Å²) in [6.45, 7) is -0.303. The molecule has 2 rings (SSSR count). The lowest BCUT2D eigenvalue weighted by Gasteiger charge is -2.15. The molecule has 0 aliphatic rings. The fourth-order valence-electron chi connectivity index (χ4n) is 2.37. The lowest BCUT2D eigenvalue weighted by Crippen LogP contribution is -2.48. The number of carbonyl (C=O) groups excluding carboxylic acids is 3. The second-order valence-corrected chi connectivity index (χ2v) is 7.66. The van der Waals surface area contributed by atoms with Crippen LogP contribution in [0.5, 0.6) is 0 Å². The number of hydrogen-bond donors (Lipinski definition) is 3. The van der Waals surface area contributed by atoms with E-state index in [4.69, 9.17) is 10.5 Å². The van der Waals surface area contributed by atoms with E-state index in [0.717, 1.165) is 5.56 Å². The fraction of sp³-hybridized carbons (Fsp3) is 0.250. The van der Waals surface area contributed by atoms with Gasteiger partial charge in [0, 0.05) is 10.6 Å². The molecule has 0 saturated heterocycles. The van der Waals surface area contributed by atoms with Gasteiger partial charge in [0.05, 0.1) is 10.8 Å². The van der Waals surface area contributed by atoms with Crippen LogP contribution in [0, 0.1) is 0 Å². The topological polar surface area (TPSA) is 128 Å². The minimum absolute atomic E-state index is 0.0729. The van der Waals surface area contributed by atoms with Crippen LogP contribution in [0.2, 0.25) is 0 Å². The van der Waals surface area contributed by atoms with Gasteiger partial charge in [0.1, 0.15) is 19.2 Å². The van der Waals surface area contributed by atoms with Gasteiger partial charge in [-0.3, -0.25) is 13.8 Å². The van der Waals surface area contributed by atoms with Crippen LogP contribution in [0.15, 0.2) is 65.6 Å². The monoisotopic (exact) mass is 417 g/mol. The van der Waals surface area contributed by atoms with E-state index in [1.165, 1.54) is 0 Å². The number of primary amides is 1. The number of benzene rings is 2. The van der Waals surface area contributed by atoms with Gasteiger partial charge < -0.3 is 21.1 Å². The molecule has 3 amide bonds. The van der Waals surface area contributed by atoms with Crippen LogP contribution in [0.3, 0.4) is 0 Å². The minimum atomic E-state index is -1.32. The summed E-state index contributed by atoms with van der Waals surface area (Å²) in [6.07, 6.45) is -0.647. The third-order valence-corrected chi connectivity index (χ3v) is 5.29. The van der Waals surface area contributed by atoms with E-state index in [1.54, 1.807) is 36.4 Å². The Hall–Kier alpha value is -3.20. The Kier molecular flexibility index (Phi) is 8.84. The molecule has 29 heavy (non-hydrogen) atoms. The van der Waals surface area contributed by atoms with Gasteiger partial charge in [-0.1, -0.05) is 48.5 Å². The molecule has 2 atom stereocenters. The molecule has 2 aromatic carbocycles. The summed E-state index contributed by atoms with van der Waals surface area (Å²) < 4.78 is 17.2. The van der Waals surface area contributed by atoms with Crippen LogP contribution >= 0.6 is 0 Å². The first-order valence-corrected chi connectivity index (χ1v) is 10.2. The highest BCUT2D eigenvalue weighted by molar-refractivity contribution is 7.85. The summed E-state index contributed by atoms with van der Waals surface area (Å²) in [7, 11) is -1.32. The molecular formula is C20H23N3O5S. The molecule has 0 aromatic heterocycles. The van der Waals surface area contributed by atoms with Crippen LogP contribution in [-0.2, 0) is 31.7 Å². The molecule has 0 aliphatic carbocycles. The van der Waals surface area contributed by atoms with Gasteiger partial charge in [0.2, 0.25) is 11.8 Å². The first kappa shape index (κ1) is 22.1. The normalized spacial score (nSPS) is 12.4. The maximum atomic E-state index is 12.2. The number of nitrogens with two attached hydrogens (primary N) is 1. The number of ether oxygens (including phenoxy) is 1. The van der Waals surface area contributed by atoms with Gasteiger partial charge >= 0.3 is 6.09 Å². The zero-order chi connectivity index (χ0) is 21.1. The molecule has 0 aliphatic heterocycles. The van der Waals surface area contributed by atoms with Crippen LogP contribution in [0.25, 0.3) is 0 Å². The highest BCUT2D eigenvalue weighted by Crippen LogP contribution is 2.07. The van der Waals surface area contributed by atoms with Crippen molar-refractivity contribution in [2.75, 3.05) is 12.3 Å². The Balaban J connectivity index is 1.73. The average molecular weight is 417 g/mol. The first-order valence-electron chi connectivity index (χ1n) is 8.92. The molecule has 8 nitrogen and oxygen atoms in total. The maximum absolute atomic E-state index is 12.2. The lowest BCUT2D eigenvalue weighted by molar-refractivity contribution is -0.126. The van der Waals surface area contributed by atoms with Crippen molar-refractivity contribution in [2.24, 2.45) is 5.73 Å². The molecule has 0 saturated carbocycles. The van der Waals surface area contributed by atoms with Crippen molar-refractivity contribution in [1.29, 1.82) is 0 Å². The molecule has 0 radical (unpaired) electrons. The Bertz CT molecular complexity index is 846. The van der Waals surface area contributed by atoms with Gasteiger partial charge in [-0.05, 0) is 24.1 Å². The predicted octanol–water partition coefficient (Wildman–Crippen LogP) is 1.08. The third-order valence-electron chi connectivity index (χ3n) is 3.88. The molecule has 0 heterocycles. The number of amides is 3. The summed E-state index contributed by atoms with van der Waals surface area (Å²) in [6, 6.07) is 16.9. The second kappa shape index (κ2) is 11.6. The molecule has 154 valence electrons. The summed E-state index contributed by atoms with van der Waals surface area (Å²) in [5.41, 5.74) is 6.13. The predicted molar refractivity (Wildman–Crippen MR) is 108 cm³/mol. The van der Waals surface area contributed by atoms with Crippen molar-refractivity contribution in [2.45, 2.75) is 24.0 Å². The van der Waals surface area contributed by atoms with Gasteiger partial charge in [0.25, 0.3) is 0 Å². The van der Waals surface area contributed by atoms with Crippen molar-refractivity contribution < 1.29 is 23.3 Å². The zero-order valence-electron chi connectivity index (χ0n) is 15.7. The van der Waals surface area contributed by atoms with Crippen LogP contribution in [-0.4, -0.2) is 40.5 Å². The van der Waals surface area contributed by atoms with E-state index in [2.05, 4.69) is 10.6 Å². The molecule has 9 heteroatoms. The van der Waals surface area contributed by atoms with Gasteiger partial charge in [-0.2, -0.15) is 0 Å². The number of hydrogen-bond acceptors (Lipinski definition) is 5. The van der Waals surface area contributed by atoms with Crippen LogP contribution in [0.1, 0.15) is 12.0 Å². The van der Waals surface area contributed by atoms with E-state index >= 15 is 0 Å². The number of rotatable bonds is 10. The third kappa shape index (κ3) is 8.14. The van der Waals surface area contributed by atoms with Crippen molar-refractivity contribution >= 4 is 28.7 Å².